The third-order valence-electron chi connectivity index (χ3n) is 4.28. The Hall–Kier alpha value is -0.0900. The largest absolute Gasteiger partial charge is 0.299 e. The van der Waals surface area contributed by atoms with Crippen LogP contribution in [-0.4, -0.2) is 18.0 Å². The fourth-order valence-corrected chi connectivity index (χ4v) is 3.19. The van der Waals surface area contributed by atoms with Gasteiger partial charge in [0.1, 0.15) is 0 Å². The van der Waals surface area contributed by atoms with Gasteiger partial charge in [0.2, 0.25) is 0 Å². The van der Waals surface area contributed by atoms with Crippen molar-refractivity contribution in [3.05, 3.63) is 33.4 Å². The Morgan fingerprint density at radius 1 is 1.17 bits per heavy atom. The molecule has 0 bridgehead atoms. The molecule has 100 valence electrons. The molecular weight excluding hydrogens is 333 g/mol. The third kappa shape index (κ3) is 3.95. The second kappa shape index (κ2) is 5.91. The molecule has 1 aliphatic rings. The van der Waals surface area contributed by atoms with Crippen molar-refractivity contribution >= 4 is 22.6 Å². The number of rotatable bonds is 3. The van der Waals surface area contributed by atoms with Gasteiger partial charge in [0.15, 0.2) is 0 Å². The van der Waals surface area contributed by atoms with Gasteiger partial charge in [-0.3, -0.25) is 4.90 Å². The molecule has 0 atom stereocenters. The minimum atomic E-state index is 0.570. The molecule has 0 spiro atoms. The smallest absolute Gasteiger partial charge is 0.0233 e. The first-order valence-corrected chi connectivity index (χ1v) is 7.99. The Balaban J connectivity index is 1.89. The molecular formula is C16H24IN. The number of hydrogen-bond acceptors (Lipinski definition) is 1. The summed E-state index contributed by atoms with van der Waals surface area (Å²) < 4.78 is 1.32. The van der Waals surface area contributed by atoms with Crippen molar-refractivity contribution in [2.45, 2.75) is 52.1 Å². The summed E-state index contributed by atoms with van der Waals surface area (Å²) in [4.78, 5) is 2.54. The van der Waals surface area contributed by atoms with E-state index in [2.05, 4.69) is 72.7 Å². The van der Waals surface area contributed by atoms with Gasteiger partial charge in [0.05, 0.1) is 0 Å². The summed E-state index contributed by atoms with van der Waals surface area (Å²) in [6.45, 7) is 5.90. The van der Waals surface area contributed by atoms with Crippen molar-refractivity contribution < 1.29 is 0 Å². The second-order valence-electron chi connectivity index (χ2n) is 6.44. The SMILES string of the molecule is CN(Cc1ccc(I)cc1)C1CCC(C)(C)CC1. The lowest BCUT2D eigenvalue weighted by atomic mass is 9.75. The van der Waals surface area contributed by atoms with Gasteiger partial charge in [0.25, 0.3) is 0 Å². The molecule has 1 nitrogen and oxygen atoms in total. The first kappa shape index (κ1) is 14.3. The van der Waals surface area contributed by atoms with Crippen LogP contribution in [0.1, 0.15) is 45.1 Å². The summed E-state index contributed by atoms with van der Waals surface area (Å²) in [6.07, 6.45) is 5.45. The maximum Gasteiger partial charge on any atom is 0.0233 e. The molecule has 1 aromatic rings. The molecule has 0 amide bonds. The van der Waals surface area contributed by atoms with Crippen LogP contribution < -0.4 is 0 Å². The van der Waals surface area contributed by atoms with Crippen LogP contribution in [-0.2, 0) is 6.54 Å². The number of benzene rings is 1. The van der Waals surface area contributed by atoms with Gasteiger partial charge in [-0.25, -0.2) is 0 Å². The molecule has 1 aliphatic carbocycles. The standard InChI is InChI=1S/C16H24IN/c1-16(2)10-8-15(9-11-16)18(3)12-13-4-6-14(17)7-5-13/h4-7,15H,8-12H2,1-3H3. The lowest BCUT2D eigenvalue weighted by Gasteiger charge is -2.38. The topological polar surface area (TPSA) is 3.24 Å². The zero-order chi connectivity index (χ0) is 13.2. The summed E-state index contributed by atoms with van der Waals surface area (Å²) in [5, 5.41) is 0. The zero-order valence-corrected chi connectivity index (χ0v) is 13.9. The van der Waals surface area contributed by atoms with Crippen molar-refractivity contribution in [3.63, 3.8) is 0 Å². The average molecular weight is 357 g/mol. The Kier molecular flexibility index (Phi) is 4.70. The van der Waals surface area contributed by atoms with E-state index in [4.69, 9.17) is 0 Å². The first-order chi connectivity index (χ1) is 8.46. The number of halogens is 1. The van der Waals surface area contributed by atoms with Crippen LogP contribution in [0.4, 0.5) is 0 Å². The molecule has 0 radical (unpaired) electrons. The van der Waals surface area contributed by atoms with Crippen LogP contribution in [0, 0.1) is 8.99 Å². The molecule has 1 saturated carbocycles. The van der Waals surface area contributed by atoms with Crippen LogP contribution in [0.3, 0.4) is 0 Å². The molecule has 0 unspecified atom stereocenters. The highest BCUT2D eigenvalue weighted by Gasteiger charge is 2.28. The van der Waals surface area contributed by atoms with Gasteiger partial charge >= 0.3 is 0 Å². The van der Waals surface area contributed by atoms with E-state index in [-0.39, 0.29) is 0 Å². The monoisotopic (exact) mass is 357 g/mol. The molecule has 2 heteroatoms. The highest BCUT2D eigenvalue weighted by molar-refractivity contribution is 14.1. The van der Waals surface area contributed by atoms with Crippen molar-refractivity contribution in [3.8, 4) is 0 Å². The third-order valence-corrected chi connectivity index (χ3v) is 5.00. The highest BCUT2D eigenvalue weighted by Crippen LogP contribution is 2.36. The molecule has 1 aromatic carbocycles. The van der Waals surface area contributed by atoms with Crippen molar-refractivity contribution in [1.29, 1.82) is 0 Å². The summed E-state index contributed by atoms with van der Waals surface area (Å²) in [6, 6.07) is 9.69. The minimum absolute atomic E-state index is 0.570. The second-order valence-corrected chi connectivity index (χ2v) is 7.68. The lowest BCUT2D eigenvalue weighted by Crippen LogP contribution is -2.36. The molecule has 0 heterocycles. The highest BCUT2D eigenvalue weighted by atomic mass is 127. The fraction of sp³-hybridized carbons (Fsp3) is 0.625. The zero-order valence-electron chi connectivity index (χ0n) is 11.7. The Morgan fingerprint density at radius 3 is 2.28 bits per heavy atom. The van der Waals surface area contributed by atoms with Gasteiger partial charge in [0, 0.05) is 16.2 Å². The molecule has 0 saturated heterocycles. The summed E-state index contributed by atoms with van der Waals surface area (Å²) >= 11 is 2.36. The lowest BCUT2D eigenvalue weighted by molar-refractivity contribution is 0.123. The molecule has 2 rings (SSSR count). The van der Waals surface area contributed by atoms with E-state index in [9.17, 15) is 0 Å². The fourth-order valence-electron chi connectivity index (χ4n) is 2.83. The maximum absolute atomic E-state index is 2.54. The van der Waals surface area contributed by atoms with E-state index in [1.807, 2.05) is 0 Å². The van der Waals surface area contributed by atoms with Gasteiger partial charge in [-0.15, -0.1) is 0 Å². The Morgan fingerprint density at radius 2 is 1.72 bits per heavy atom. The first-order valence-electron chi connectivity index (χ1n) is 6.91. The quantitative estimate of drug-likeness (QED) is 0.710. The normalized spacial score (nSPS) is 20.3. The average Bonchev–Trinajstić information content (AvgIpc) is 2.32. The minimum Gasteiger partial charge on any atom is -0.299 e. The van der Waals surface area contributed by atoms with E-state index in [0.29, 0.717) is 5.41 Å². The molecule has 0 aliphatic heterocycles. The van der Waals surface area contributed by atoms with Gasteiger partial charge in [-0.2, -0.15) is 0 Å². The van der Waals surface area contributed by atoms with E-state index in [1.54, 1.807) is 0 Å². The van der Waals surface area contributed by atoms with Crippen LogP contribution in [0.25, 0.3) is 0 Å². The van der Waals surface area contributed by atoms with Crippen LogP contribution in [0.2, 0.25) is 0 Å². The van der Waals surface area contributed by atoms with Gasteiger partial charge in [-0.1, -0.05) is 26.0 Å². The summed E-state index contributed by atoms with van der Waals surface area (Å²) in [7, 11) is 2.28. The van der Waals surface area contributed by atoms with Gasteiger partial charge < -0.3 is 0 Å². The van der Waals surface area contributed by atoms with Crippen LogP contribution in [0.5, 0.6) is 0 Å². The predicted molar refractivity (Wildman–Crippen MR) is 86.7 cm³/mol. The van der Waals surface area contributed by atoms with Crippen LogP contribution >= 0.6 is 22.6 Å². The number of nitrogens with zero attached hydrogens (tertiary/aromatic N) is 1. The predicted octanol–water partition coefficient (Wildman–Crippen LogP) is 4.69. The van der Waals surface area contributed by atoms with E-state index >= 15 is 0 Å². The molecule has 0 N–H and O–H groups in total. The van der Waals surface area contributed by atoms with E-state index < -0.39 is 0 Å². The molecule has 1 fully saturated rings. The Bertz CT molecular complexity index is 373. The number of hydrogen-bond donors (Lipinski definition) is 0. The van der Waals surface area contributed by atoms with E-state index in [1.165, 1.54) is 34.8 Å². The summed E-state index contributed by atoms with van der Waals surface area (Å²) in [5.74, 6) is 0. The summed E-state index contributed by atoms with van der Waals surface area (Å²) in [5.41, 5.74) is 2.00. The van der Waals surface area contributed by atoms with Crippen molar-refractivity contribution in [2.75, 3.05) is 7.05 Å². The molecule has 0 aromatic heterocycles. The maximum atomic E-state index is 2.54. The Labute approximate surface area is 125 Å². The van der Waals surface area contributed by atoms with Gasteiger partial charge in [-0.05, 0) is 78.4 Å². The van der Waals surface area contributed by atoms with Crippen LogP contribution in [0.15, 0.2) is 24.3 Å². The molecule has 18 heavy (non-hydrogen) atoms. The van der Waals surface area contributed by atoms with E-state index in [0.717, 1.165) is 12.6 Å². The van der Waals surface area contributed by atoms with Crippen molar-refractivity contribution in [1.82, 2.24) is 4.90 Å². The van der Waals surface area contributed by atoms with Crippen molar-refractivity contribution in [2.24, 2.45) is 5.41 Å².